The number of aromatic nitrogens is 1. The van der Waals surface area contributed by atoms with Gasteiger partial charge in [-0.05, 0) is 48.2 Å². The third-order valence-electron chi connectivity index (χ3n) is 3.22. The Hall–Kier alpha value is -1.74. The molecule has 1 aromatic carbocycles. The van der Waals surface area contributed by atoms with Crippen molar-refractivity contribution in [1.82, 2.24) is 10.3 Å². The molecular weight excluding hydrogens is 227 g/mol. The zero-order valence-corrected chi connectivity index (χ0v) is 10.1. The molecule has 1 aromatic heterocycles. The third kappa shape index (κ3) is 2.57. The van der Waals surface area contributed by atoms with E-state index in [-0.39, 0.29) is 5.82 Å². The van der Waals surface area contributed by atoms with Crippen molar-refractivity contribution in [2.75, 3.05) is 0 Å². The van der Waals surface area contributed by atoms with Gasteiger partial charge < -0.3 is 5.32 Å². The molecule has 92 valence electrons. The van der Waals surface area contributed by atoms with Crippen LogP contribution in [-0.2, 0) is 6.54 Å². The van der Waals surface area contributed by atoms with Gasteiger partial charge in [0, 0.05) is 30.5 Å². The Kier molecular flexibility index (Phi) is 3.07. The van der Waals surface area contributed by atoms with E-state index in [1.165, 1.54) is 12.8 Å². The predicted octanol–water partition coefficient (Wildman–Crippen LogP) is 3.14. The molecule has 0 spiro atoms. The fourth-order valence-electron chi connectivity index (χ4n) is 1.98. The van der Waals surface area contributed by atoms with Gasteiger partial charge >= 0.3 is 0 Å². The average Bonchev–Trinajstić information content (AvgIpc) is 3.23. The van der Waals surface area contributed by atoms with Crippen molar-refractivity contribution in [3.05, 3.63) is 54.1 Å². The van der Waals surface area contributed by atoms with E-state index in [0.29, 0.717) is 12.6 Å². The van der Waals surface area contributed by atoms with E-state index in [2.05, 4.69) is 10.3 Å². The molecule has 3 rings (SSSR count). The highest BCUT2D eigenvalue weighted by molar-refractivity contribution is 5.63. The van der Waals surface area contributed by atoms with Crippen molar-refractivity contribution in [3.63, 3.8) is 0 Å². The second-order valence-corrected chi connectivity index (χ2v) is 4.70. The molecule has 0 atom stereocenters. The number of hydrogen-bond acceptors (Lipinski definition) is 2. The molecule has 2 nitrogen and oxygen atoms in total. The first-order valence-electron chi connectivity index (χ1n) is 6.25. The summed E-state index contributed by atoms with van der Waals surface area (Å²) in [5.41, 5.74) is 2.83. The van der Waals surface area contributed by atoms with Crippen molar-refractivity contribution < 1.29 is 4.39 Å². The quantitative estimate of drug-likeness (QED) is 0.891. The van der Waals surface area contributed by atoms with Crippen LogP contribution in [0, 0.1) is 5.82 Å². The van der Waals surface area contributed by atoms with Crippen LogP contribution < -0.4 is 5.32 Å². The summed E-state index contributed by atoms with van der Waals surface area (Å²) in [4.78, 5) is 3.99. The minimum atomic E-state index is -0.138. The largest absolute Gasteiger partial charge is 0.310 e. The van der Waals surface area contributed by atoms with Gasteiger partial charge in [-0.15, -0.1) is 0 Å². The van der Waals surface area contributed by atoms with Crippen LogP contribution in [0.4, 0.5) is 4.39 Å². The predicted molar refractivity (Wildman–Crippen MR) is 69.5 cm³/mol. The normalized spacial score (nSPS) is 14.7. The fraction of sp³-hybridized carbons (Fsp3) is 0.267. The second-order valence-electron chi connectivity index (χ2n) is 4.70. The molecule has 1 aliphatic carbocycles. The van der Waals surface area contributed by atoms with E-state index in [1.807, 2.05) is 24.3 Å². The van der Waals surface area contributed by atoms with E-state index >= 15 is 0 Å². The Morgan fingerprint density at radius 1 is 1.11 bits per heavy atom. The molecule has 0 saturated heterocycles. The van der Waals surface area contributed by atoms with Crippen molar-refractivity contribution in [1.29, 1.82) is 0 Å². The fourth-order valence-corrected chi connectivity index (χ4v) is 1.98. The smallest absolute Gasteiger partial charge is 0.127 e. The molecule has 18 heavy (non-hydrogen) atoms. The number of pyridine rings is 1. The molecule has 0 amide bonds. The summed E-state index contributed by atoms with van der Waals surface area (Å²) in [5.74, 6) is -0.138. The van der Waals surface area contributed by atoms with Gasteiger partial charge in [-0.3, -0.25) is 4.98 Å². The second kappa shape index (κ2) is 4.86. The van der Waals surface area contributed by atoms with Crippen molar-refractivity contribution >= 4 is 0 Å². The number of benzene rings is 1. The highest BCUT2D eigenvalue weighted by Crippen LogP contribution is 2.23. The number of nitrogens with one attached hydrogen (secondary N) is 1. The summed E-state index contributed by atoms with van der Waals surface area (Å²) in [6, 6.07) is 9.73. The molecule has 1 aliphatic rings. The molecule has 1 fully saturated rings. The summed E-state index contributed by atoms with van der Waals surface area (Å²) in [6.07, 6.45) is 5.93. The van der Waals surface area contributed by atoms with Crippen molar-refractivity contribution in [2.24, 2.45) is 0 Å². The van der Waals surface area contributed by atoms with Crippen LogP contribution >= 0.6 is 0 Å². The van der Waals surface area contributed by atoms with Crippen molar-refractivity contribution in [3.8, 4) is 11.1 Å². The molecule has 0 radical (unpaired) electrons. The van der Waals surface area contributed by atoms with E-state index in [1.54, 1.807) is 18.5 Å². The van der Waals surface area contributed by atoms with E-state index in [4.69, 9.17) is 0 Å². The van der Waals surface area contributed by atoms with Gasteiger partial charge in [-0.2, -0.15) is 0 Å². The monoisotopic (exact) mass is 242 g/mol. The lowest BCUT2D eigenvalue weighted by atomic mass is 10.0. The number of rotatable bonds is 4. The molecule has 0 unspecified atom stereocenters. The van der Waals surface area contributed by atoms with Gasteiger partial charge in [0.1, 0.15) is 5.82 Å². The third-order valence-corrected chi connectivity index (χ3v) is 3.22. The molecule has 0 aliphatic heterocycles. The maximum absolute atomic E-state index is 13.7. The van der Waals surface area contributed by atoms with Gasteiger partial charge in [0.05, 0.1) is 0 Å². The van der Waals surface area contributed by atoms with Gasteiger partial charge in [-0.1, -0.05) is 6.07 Å². The molecule has 0 bridgehead atoms. The Bertz CT molecular complexity index is 535. The van der Waals surface area contributed by atoms with Crippen LogP contribution in [0.25, 0.3) is 11.1 Å². The molecule has 2 aromatic rings. The highest BCUT2D eigenvalue weighted by atomic mass is 19.1. The topological polar surface area (TPSA) is 24.9 Å². The van der Waals surface area contributed by atoms with E-state index in [9.17, 15) is 4.39 Å². The molecule has 3 heteroatoms. The Labute approximate surface area is 106 Å². The standard InChI is InChI=1S/C15H15FN2/c16-15-4-1-12(11-5-7-17-8-6-11)9-13(15)10-18-14-2-3-14/h1,4-9,14,18H,2-3,10H2. The number of halogens is 1. The van der Waals surface area contributed by atoms with Crippen LogP contribution in [-0.4, -0.2) is 11.0 Å². The van der Waals surface area contributed by atoms with Gasteiger partial charge in [0.15, 0.2) is 0 Å². The summed E-state index contributed by atoms with van der Waals surface area (Å²) in [5, 5.41) is 3.34. The lowest BCUT2D eigenvalue weighted by Crippen LogP contribution is -2.16. The summed E-state index contributed by atoms with van der Waals surface area (Å²) < 4.78 is 13.7. The molecular formula is C15H15FN2. The molecule has 1 saturated carbocycles. The maximum atomic E-state index is 13.7. The van der Waals surface area contributed by atoms with E-state index in [0.717, 1.165) is 16.7 Å². The van der Waals surface area contributed by atoms with Gasteiger partial charge in [-0.25, -0.2) is 4.39 Å². The highest BCUT2D eigenvalue weighted by Gasteiger charge is 2.20. The summed E-state index contributed by atoms with van der Waals surface area (Å²) in [7, 11) is 0. The minimum absolute atomic E-state index is 0.138. The number of hydrogen-bond donors (Lipinski definition) is 1. The Balaban J connectivity index is 1.84. The van der Waals surface area contributed by atoms with Crippen LogP contribution in [0.15, 0.2) is 42.7 Å². The first-order valence-corrected chi connectivity index (χ1v) is 6.25. The minimum Gasteiger partial charge on any atom is -0.310 e. The number of nitrogens with zero attached hydrogens (tertiary/aromatic N) is 1. The van der Waals surface area contributed by atoms with E-state index < -0.39 is 0 Å². The maximum Gasteiger partial charge on any atom is 0.127 e. The van der Waals surface area contributed by atoms with Crippen LogP contribution in [0.3, 0.4) is 0 Å². The zero-order valence-electron chi connectivity index (χ0n) is 10.1. The molecule has 1 heterocycles. The van der Waals surface area contributed by atoms with Crippen LogP contribution in [0.1, 0.15) is 18.4 Å². The summed E-state index contributed by atoms with van der Waals surface area (Å²) in [6.45, 7) is 0.607. The van der Waals surface area contributed by atoms with Gasteiger partial charge in [0.2, 0.25) is 0 Å². The lowest BCUT2D eigenvalue weighted by Gasteiger charge is -2.08. The lowest BCUT2D eigenvalue weighted by molar-refractivity contribution is 0.587. The Morgan fingerprint density at radius 3 is 2.61 bits per heavy atom. The Morgan fingerprint density at radius 2 is 1.89 bits per heavy atom. The summed E-state index contributed by atoms with van der Waals surface area (Å²) >= 11 is 0. The molecule has 1 N–H and O–H groups in total. The first-order chi connectivity index (χ1) is 8.83. The van der Waals surface area contributed by atoms with Crippen LogP contribution in [0.2, 0.25) is 0 Å². The zero-order chi connectivity index (χ0) is 12.4. The van der Waals surface area contributed by atoms with Crippen LogP contribution in [0.5, 0.6) is 0 Å². The van der Waals surface area contributed by atoms with Gasteiger partial charge in [0.25, 0.3) is 0 Å². The van der Waals surface area contributed by atoms with Crippen molar-refractivity contribution in [2.45, 2.75) is 25.4 Å². The average molecular weight is 242 g/mol. The first kappa shape index (κ1) is 11.4. The SMILES string of the molecule is Fc1ccc(-c2ccncc2)cc1CNC1CC1.